The summed E-state index contributed by atoms with van der Waals surface area (Å²) in [5.74, 6) is 0.636. The number of hydrogen-bond acceptors (Lipinski definition) is 5. The third kappa shape index (κ3) is 2.91. The van der Waals surface area contributed by atoms with Gasteiger partial charge in [-0.05, 0) is 26.1 Å². The van der Waals surface area contributed by atoms with Gasteiger partial charge in [-0.25, -0.2) is 18.1 Å². The largest absolute Gasteiger partial charge is 0.374 e. The normalized spacial score (nSPS) is 13.2. The van der Waals surface area contributed by atoms with E-state index in [1.165, 1.54) is 13.4 Å². The first-order valence-corrected chi connectivity index (χ1v) is 7.17. The Labute approximate surface area is 111 Å². The minimum atomic E-state index is -3.50. The maximum atomic E-state index is 11.9. The number of rotatable bonds is 5. The molecule has 102 valence electrons. The zero-order valence-electron chi connectivity index (χ0n) is 10.6. The highest BCUT2D eigenvalue weighted by Gasteiger charge is 2.18. The van der Waals surface area contributed by atoms with E-state index in [0.717, 1.165) is 0 Å². The summed E-state index contributed by atoms with van der Waals surface area (Å²) >= 11 is 0. The molecule has 7 nitrogen and oxygen atoms in total. The fourth-order valence-corrected chi connectivity index (χ4v) is 2.55. The quantitative estimate of drug-likeness (QED) is 0.755. The lowest BCUT2D eigenvalue weighted by Gasteiger charge is -2.15. The Kier molecular flexibility index (Phi) is 3.82. The van der Waals surface area contributed by atoms with Gasteiger partial charge in [-0.1, -0.05) is 12.1 Å². The van der Waals surface area contributed by atoms with Gasteiger partial charge in [-0.15, -0.1) is 0 Å². The van der Waals surface area contributed by atoms with Crippen LogP contribution in [0.15, 0.2) is 35.5 Å². The maximum Gasteiger partial charge on any atom is 0.242 e. The van der Waals surface area contributed by atoms with Crippen LogP contribution in [-0.2, 0) is 10.0 Å². The van der Waals surface area contributed by atoms with Crippen LogP contribution in [0.3, 0.4) is 0 Å². The van der Waals surface area contributed by atoms with Crippen molar-refractivity contribution in [3.8, 4) is 0 Å². The number of H-pyrrole nitrogens is 1. The lowest BCUT2D eigenvalue weighted by atomic mass is 10.2. The van der Waals surface area contributed by atoms with E-state index in [9.17, 15) is 8.42 Å². The van der Waals surface area contributed by atoms with Crippen molar-refractivity contribution < 1.29 is 8.42 Å². The lowest BCUT2D eigenvalue weighted by molar-refractivity contribution is 0.588. The van der Waals surface area contributed by atoms with E-state index in [-0.39, 0.29) is 10.9 Å². The number of aromatic nitrogens is 3. The molecule has 0 saturated heterocycles. The van der Waals surface area contributed by atoms with E-state index in [1.54, 1.807) is 24.3 Å². The van der Waals surface area contributed by atoms with E-state index in [0.29, 0.717) is 11.5 Å². The average Bonchev–Trinajstić information content (AvgIpc) is 2.93. The molecule has 0 fully saturated rings. The summed E-state index contributed by atoms with van der Waals surface area (Å²) in [6.45, 7) is 1.86. The first-order chi connectivity index (χ1) is 9.04. The molecule has 0 spiro atoms. The molecule has 2 aromatic rings. The number of benzene rings is 1. The van der Waals surface area contributed by atoms with Gasteiger partial charge in [0.05, 0.1) is 11.7 Å². The molecule has 19 heavy (non-hydrogen) atoms. The standard InChI is InChI=1S/C11H15N5O2S/c1-8(11-13-7-14-16-11)15-9-5-3-4-6-10(9)19(17,18)12-2/h3-8,12,15H,1-2H3,(H,13,14,16). The summed E-state index contributed by atoms with van der Waals surface area (Å²) < 4.78 is 26.1. The zero-order valence-corrected chi connectivity index (χ0v) is 11.4. The second kappa shape index (κ2) is 5.37. The van der Waals surface area contributed by atoms with E-state index in [2.05, 4.69) is 25.2 Å². The molecule has 1 aromatic carbocycles. The molecule has 1 aromatic heterocycles. The van der Waals surface area contributed by atoms with Crippen LogP contribution in [-0.4, -0.2) is 30.6 Å². The van der Waals surface area contributed by atoms with Crippen molar-refractivity contribution in [1.29, 1.82) is 0 Å². The highest BCUT2D eigenvalue weighted by atomic mass is 32.2. The predicted octanol–water partition coefficient (Wildman–Crippen LogP) is 0.886. The molecule has 0 aliphatic heterocycles. The minimum absolute atomic E-state index is 0.185. The van der Waals surface area contributed by atoms with Crippen LogP contribution in [0.2, 0.25) is 0 Å². The van der Waals surface area contributed by atoms with Gasteiger partial charge >= 0.3 is 0 Å². The summed E-state index contributed by atoms with van der Waals surface area (Å²) in [4.78, 5) is 4.23. The second-order valence-corrected chi connectivity index (χ2v) is 5.80. The van der Waals surface area contributed by atoms with Crippen molar-refractivity contribution in [3.05, 3.63) is 36.4 Å². The first-order valence-electron chi connectivity index (χ1n) is 5.69. The molecular weight excluding hydrogens is 266 g/mol. The van der Waals surface area contributed by atoms with Gasteiger partial charge in [-0.2, -0.15) is 5.10 Å². The van der Waals surface area contributed by atoms with Gasteiger partial charge < -0.3 is 5.32 Å². The topological polar surface area (TPSA) is 99.8 Å². The van der Waals surface area contributed by atoms with Gasteiger partial charge in [-0.3, -0.25) is 5.10 Å². The monoisotopic (exact) mass is 281 g/mol. The predicted molar refractivity (Wildman–Crippen MR) is 71.1 cm³/mol. The van der Waals surface area contributed by atoms with E-state index >= 15 is 0 Å². The van der Waals surface area contributed by atoms with Crippen molar-refractivity contribution in [2.24, 2.45) is 0 Å². The van der Waals surface area contributed by atoms with Crippen LogP contribution in [0.4, 0.5) is 5.69 Å². The van der Waals surface area contributed by atoms with E-state index in [1.807, 2.05) is 6.92 Å². The van der Waals surface area contributed by atoms with Gasteiger partial charge in [0.1, 0.15) is 17.0 Å². The number of nitrogens with one attached hydrogen (secondary N) is 3. The SMILES string of the molecule is CNS(=O)(=O)c1ccccc1NC(C)c1ncn[nH]1. The third-order valence-corrected chi connectivity index (χ3v) is 4.13. The number of para-hydroxylation sites is 1. The van der Waals surface area contributed by atoms with E-state index < -0.39 is 10.0 Å². The molecule has 1 unspecified atom stereocenters. The molecule has 2 rings (SSSR count). The van der Waals surface area contributed by atoms with Crippen LogP contribution in [0.1, 0.15) is 18.8 Å². The smallest absolute Gasteiger partial charge is 0.242 e. The van der Waals surface area contributed by atoms with Gasteiger partial charge in [0.25, 0.3) is 0 Å². The van der Waals surface area contributed by atoms with Crippen LogP contribution in [0.5, 0.6) is 0 Å². The van der Waals surface area contributed by atoms with Gasteiger partial charge in [0, 0.05) is 0 Å². The summed E-state index contributed by atoms with van der Waals surface area (Å²) in [6.07, 6.45) is 1.41. The number of sulfonamides is 1. The second-order valence-electron chi connectivity index (χ2n) is 3.94. The molecule has 0 saturated carbocycles. The Morgan fingerprint density at radius 3 is 2.68 bits per heavy atom. The highest BCUT2D eigenvalue weighted by Crippen LogP contribution is 2.24. The fourth-order valence-electron chi connectivity index (χ4n) is 1.66. The van der Waals surface area contributed by atoms with Crippen LogP contribution in [0, 0.1) is 0 Å². The molecule has 1 atom stereocenters. The molecule has 0 radical (unpaired) electrons. The maximum absolute atomic E-state index is 11.9. The molecule has 0 amide bonds. The first kappa shape index (κ1) is 13.5. The minimum Gasteiger partial charge on any atom is -0.374 e. The molecule has 0 aliphatic carbocycles. The lowest BCUT2D eigenvalue weighted by Crippen LogP contribution is -2.21. The summed E-state index contributed by atoms with van der Waals surface area (Å²) in [5, 5.41) is 9.61. The Bertz CT molecular complexity index is 639. The van der Waals surface area contributed by atoms with Crippen molar-refractivity contribution in [1.82, 2.24) is 19.9 Å². The van der Waals surface area contributed by atoms with E-state index in [4.69, 9.17) is 0 Å². The number of nitrogens with zero attached hydrogens (tertiary/aromatic N) is 2. The Morgan fingerprint density at radius 1 is 1.32 bits per heavy atom. The van der Waals surface area contributed by atoms with Gasteiger partial charge in [0.15, 0.2) is 0 Å². The van der Waals surface area contributed by atoms with Crippen molar-refractivity contribution in [2.75, 3.05) is 12.4 Å². The zero-order chi connectivity index (χ0) is 13.9. The fraction of sp³-hybridized carbons (Fsp3) is 0.273. The van der Waals surface area contributed by atoms with Crippen molar-refractivity contribution >= 4 is 15.7 Å². The third-order valence-electron chi connectivity index (χ3n) is 2.66. The summed E-state index contributed by atoms with van der Waals surface area (Å²) in [6, 6.07) is 6.51. The molecule has 1 heterocycles. The molecule has 0 bridgehead atoms. The number of aromatic amines is 1. The molecule has 8 heteroatoms. The van der Waals surface area contributed by atoms with Crippen LogP contribution >= 0.6 is 0 Å². The molecular formula is C11H15N5O2S. The molecule has 0 aliphatic rings. The van der Waals surface area contributed by atoms with Crippen molar-refractivity contribution in [3.63, 3.8) is 0 Å². The van der Waals surface area contributed by atoms with Crippen molar-refractivity contribution in [2.45, 2.75) is 17.9 Å². The Balaban J connectivity index is 2.31. The Hall–Kier alpha value is -1.93. The highest BCUT2D eigenvalue weighted by molar-refractivity contribution is 7.89. The van der Waals surface area contributed by atoms with Crippen LogP contribution in [0.25, 0.3) is 0 Å². The molecule has 3 N–H and O–H groups in total. The number of hydrogen-bond donors (Lipinski definition) is 3. The number of anilines is 1. The summed E-state index contributed by atoms with van der Waals surface area (Å²) in [5.41, 5.74) is 0.515. The van der Waals surface area contributed by atoms with Gasteiger partial charge in [0.2, 0.25) is 10.0 Å². The van der Waals surface area contributed by atoms with Crippen LogP contribution < -0.4 is 10.0 Å². The average molecular weight is 281 g/mol. The summed E-state index contributed by atoms with van der Waals surface area (Å²) in [7, 11) is -2.12. The Morgan fingerprint density at radius 2 is 2.05 bits per heavy atom.